The van der Waals surface area contributed by atoms with E-state index >= 15 is 0 Å². The van der Waals surface area contributed by atoms with Crippen LogP contribution in [0.4, 0.5) is 8.78 Å². The molecule has 2 rings (SSSR count). The molecule has 0 aromatic heterocycles. The first-order valence-electron chi connectivity index (χ1n) is 6.17. The molecule has 0 heterocycles. The summed E-state index contributed by atoms with van der Waals surface area (Å²) in [4.78, 5) is 5.06. The minimum atomic E-state index is -2.47. The van der Waals surface area contributed by atoms with E-state index in [0.29, 0.717) is 5.56 Å². The van der Waals surface area contributed by atoms with Gasteiger partial charge in [-0.2, -0.15) is 0 Å². The van der Waals surface area contributed by atoms with Crippen molar-refractivity contribution >= 4 is 6.21 Å². The fourth-order valence-corrected chi connectivity index (χ4v) is 1.64. The molecule has 0 aliphatic heterocycles. The first-order chi connectivity index (χ1) is 9.65. The number of rotatable bonds is 5. The lowest BCUT2D eigenvalue weighted by molar-refractivity contribution is 0.130. The molecule has 0 saturated heterocycles. The molecule has 0 atom stereocenters. The van der Waals surface area contributed by atoms with Gasteiger partial charge in [0.1, 0.15) is 12.8 Å². The maximum absolute atomic E-state index is 12.5. The van der Waals surface area contributed by atoms with Gasteiger partial charge in [-0.05, 0) is 18.6 Å². The third-order valence-corrected chi connectivity index (χ3v) is 2.73. The van der Waals surface area contributed by atoms with Gasteiger partial charge >= 0.3 is 0 Å². The molecular weight excluding hydrogens is 260 g/mol. The van der Waals surface area contributed by atoms with Crippen molar-refractivity contribution in [3.8, 4) is 0 Å². The molecule has 0 N–H and O–H groups in total. The Morgan fingerprint density at radius 1 is 1.15 bits per heavy atom. The number of benzene rings is 2. The minimum Gasteiger partial charge on any atom is -0.390 e. The van der Waals surface area contributed by atoms with Crippen LogP contribution >= 0.6 is 0 Å². The highest BCUT2D eigenvalue weighted by atomic mass is 19.3. The molecule has 20 heavy (non-hydrogen) atoms. The topological polar surface area (TPSA) is 21.6 Å². The fraction of sp³-hybridized carbons (Fsp3) is 0.188. The van der Waals surface area contributed by atoms with E-state index in [9.17, 15) is 8.78 Å². The van der Waals surface area contributed by atoms with Gasteiger partial charge in [-0.25, -0.2) is 8.78 Å². The van der Waals surface area contributed by atoms with E-state index in [-0.39, 0.29) is 12.2 Å². The van der Waals surface area contributed by atoms with Crippen LogP contribution in [0.25, 0.3) is 0 Å². The van der Waals surface area contributed by atoms with E-state index in [2.05, 4.69) is 11.4 Å². The van der Waals surface area contributed by atoms with Crippen LogP contribution in [0.15, 0.2) is 53.7 Å². The normalized spacial score (nSPS) is 11.2. The molecule has 0 fully saturated rings. The van der Waals surface area contributed by atoms with Crippen molar-refractivity contribution in [1.29, 1.82) is 0 Å². The molecule has 1 radical (unpaired) electrons. The zero-order valence-corrected chi connectivity index (χ0v) is 11.0. The Balaban J connectivity index is 1.89. The van der Waals surface area contributed by atoms with Gasteiger partial charge < -0.3 is 4.84 Å². The predicted molar refractivity (Wildman–Crippen MR) is 73.9 cm³/mol. The van der Waals surface area contributed by atoms with Gasteiger partial charge in [-0.1, -0.05) is 53.2 Å². The van der Waals surface area contributed by atoms with Crippen LogP contribution in [-0.4, -0.2) is 6.21 Å². The second-order valence-corrected chi connectivity index (χ2v) is 4.39. The van der Waals surface area contributed by atoms with Gasteiger partial charge in [-0.3, -0.25) is 0 Å². The molecule has 0 unspecified atom stereocenters. The van der Waals surface area contributed by atoms with Gasteiger partial charge in [0.25, 0.3) is 6.43 Å². The van der Waals surface area contributed by atoms with Crippen LogP contribution in [0.2, 0.25) is 0 Å². The Morgan fingerprint density at radius 2 is 1.90 bits per heavy atom. The fourth-order valence-electron chi connectivity index (χ4n) is 1.64. The summed E-state index contributed by atoms with van der Waals surface area (Å²) in [6.07, 6.45) is 0.260. The largest absolute Gasteiger partial charge is 0.390 e. The van der Waals surface area contributed by atoms with Crippen molar-refractivity contribution in [1.82, 2.24) is 0 Å². The van der Waals surface area contributed by atoms with Gasteiger partial charge in [0.2, 0.25) is 0 Å². The lowest BCUT2D eigenvalue weighted by Gasteiger charge is -2.03. The highest BCUT2D eigenvalue weighted by Crippen LogP contribution is 2.19. The summed E-state index contributed by atoms with van der Waals surface area (Å²) in [5.41, 5.74) is 2.59. The first kappa shape index (κ1) is 14.2. The van der Waals surface area contributed by atoms with E-state index in [4.69, 9.17) is 4.84 Å². The van der Waals surface area contributed by atoms with Crippen LogP contribution in [-0.2, 0) is 11.4 Å². The van der Waals surface area contributed by atoms with Gasteiger partial charge in [0.15, 0.2) is 0 Å². The van der Waals surface area contributed by atoms with E-state index < -0.39 is 6.43 Å². The molecule has 2 aromatic rings. The Bertz CT molecular complexity index is 579. The van der Waals surface area contributed by atoms with Crippen molar-refractivity contribution in [3.63, 3.8) is 0 Å². The average Bonchev–Trinajstić information content (AvgIpc) is 2.46. The summed E-state index contributed by atoms with van der Waals surface area (Å²) in [6.45, 7) is 2.13. The van der Waals surface area contributed by atoms with Crippen LogP contribution in [0.3, 0.4) is 0 Å². The zero-order chi connectivity index (χ0) is 14.4. The molecular formula is C16H14F2NO. The zero-order valence-electron chi connectivity index (χ0n) is 11.0. The summed E-state index contributed by atoms with van der Waals surface area (Å²) >= 11 is 0. The number of alkyl halides is 2. The van der Waals surface area contributed by atoms with Crippen molar-refractivity contribution in [2.45, 2.75) is 20.0 Å². The van der Waals surface area contributed by atoms with Gasteiger partial charge in [-0.15, -0.1) is 0 Å². The van der Waals surface area contributed by atoms with Crippen molar-refractivity contribution in [2.75, 3.05) is 0 Å². The van der Waals surface area contributed by atoms with Crippen LogP contribution in [0, 0.1) is 6.92 Å². The van der Waals surface area contributed by atoms with Crippen molar-refractivity contribution < 1.29 is 13.6 Å². The average molecular weight is 274 g/mol. The molecule has 0 spiro atoms. The maximum atomic E-state index is 12.5. The molecule has 0 bridgehead atoms. The number of nitrogens with zero attached hydrogens (tertiary/aromatic N) is 1. The van der Waals surface area contributed by atoms with E-state index in [0.717, 1.165) is 11.1 Å². The summed E-state index contributed by atoms with van der Waals surface area (Å²) < 4.78 is 25.0. The third kappa shape index (κ3) is 4.16. The number of aryl methyl sites for hydroxylation is 1. The highest BCUT2D eigenvalue weighted by molar-refractivity contribution is 5.79. The van der Waals surface area contributed by atoms with E-state index in [1.165, 1.54) is 12.1 Å². The molecule has 0 aliphatic rings. The molecule has 2 nitrogen and oxygen atoms in total. The summed E-state index contributed by atoms with van der Waals surface area (Å²) in [6, 6.07) is 13.7. The number of halogens is 2. The molecule has 0 aliphatic carbocycles. The SMILES string of the molecule is Cc1ccc(/[C]=N\OCc2cccc(C(F)F)c2)cc1. The Labute approximate surface area is 116 Å². The van der Waals surface area contributed by atoms with Crippen LogP contribution in [0.1, 0.15) is 28.7 Å². The molecule has 0 saturated carbocycles. The minimum absolute atomic E-state index is 0.0161. The Hall–Kier alpha value is -2.23. The molecule has 0 amide bonds. The quantitative estimate of drug-likeness (QED) is 0.586. The van der Waals surface area contributed by atoms with Crippen LogP contribution < -0.4 is 0 Å². The second-order valence-electron chi connectivity index (χ2n) is 4.39. The van der Waals surface area contributed by atoms with Crippen LogP contribution in [0.5, 0.6) is 0 Å². The molecule has 4 heteroatoms. The Kier molecular flexibility index (Phi) is 4.82. The summed E-state index contributed by atoms with van der Waals surface area (Å²) in [5, 5.41) is 3.70. The van der Waals surface area contributed by atoms with Gasteiger partial charge in [0, 0.05) is 11.1 Å². The monoisotopic (exact) mass is 274 g/mol. The summed E-state index contributed by atoms with van der Waals surface area (Å²) in [7, 11) is 0. The highest BCUT2D eigenvalue weighted by Gasteiger charge is 2.06. The second kappa shape index (κ2) is 6.80. The first-order valence-corrected chi connectivity index (χ1v) is 6.17. The maximum Gasteiger partial charge on any atom is 0.263 e. The van der Waals surface area contributed by atoms with Crippen molar-refractivity contribution in [3.05, 3.63) is 70.8 Å². The van der Waals surface area contributed by atoms with Crippen molar-refractivity contribution in [2.24, 2.45) is 5.16 Å². The molecule has 2 aromatic carbocycles. The van der Waals surface area contributed by atoms with E-state index in [1.807, 2.05) is 31.2 Å². The number of hydrogen-bond donors (Lipinski definition) is 0. The lowest BCUT2D eigenvalue weighted by atomic mass is 10.1. The number of hydrogen-bond acceptors (Lipinski definition) is 2. The standard InChI is InChI=1S/C16H14F2NO/c1-12-5-7-13(8-6-12)10-19-20-11-14-3-2-4-15(9-14)16(17)18/h2-9,16H,11H2,1H3. The smallest absolute Gasteiger partial charge is 0.263 e. The summed E-state index contributed by atoms with van der Waals surface area (Å²) in [5.74, 6) is 0. The van der Waals surface area contributed by atoms with E-state index in [1.54, 1.807) is 12.1 Å². The third-order valence-electron chi connectivity index (χ3n) is 2.73. The lowest BCUT2D eigenvalue weighted by Crippen LogP contribution is -1.91. The molecule has 103 valence electrons. The predicted octanol–water partition coefficient (Wildman–Crippen LogP) is 4.36. The Morgan fingerprint density at radius 3 is 2.60 bits per heavy atom. The van der Waals surface area contributed by atoms with Gasteiger partial charge in [0.05, 0.1) is 0 Å².